The molecule has 1 fully saturated rings. The fourth-order valence-electron chi connectivity index (χ4n) is 4.08. The third-order valence-corrected chi connectivity index (χ3v) is 5.61. The van der Waals surface area contributed by atoms with Crippen molar-refractivity contribution in [1.29, 1.82) is 0 Å². The van der Waals surface area contributed by atoms with Crippen LogP contribution in [0.3, 0.4) is 0 Å². The molecule has 6 heteroatoms. The zero-order valence-corrected chi connectivity index (χ0v) is 14.8. The van der Waals surface area contributed by atoms with Gasteiger partial charge in [0.05, 0.1) is 16.6 Å². The average Bonchev–Trinajstić information content (AvgIpc) is 3.39. The van der Waals surface area contributed by atoms with E-state index in [0.29, 0.717) is 11.4 Å². The summed E-state index contributed by atoms with van der Waals surface area (Å²) in [7, 11) is 0. The third kappa shape index (κ3) is 2.18. The van der Waals surface area contributed by atoms with Gasteiger partial charge in [-0.25, -0.2) is 4.79 Å². The lowest BCUT2D eigenvalue weighted by Crippen LogP contribution is -2.30. The van der Waals surface area contributed by atoms with Crippen LogP contribution in [0.25, 0.3) is 22.2 Å². The minimum Gasteiger partial charge on any atom is -0.306 e. The number of aromatic amines is 1. The topological polar surface area (TPSA) is 79.8 Å². The minimum absolute atomic E-state index is 0.181. The molecule has 2 aromatic heterocycles. The number of rotatable bonds is 2. The SMILES string of the molecule is Cc1c(-c2ccc3c(c2)CNC3C)ncc2c(=O)[nH]c(=O)n(C3CC3)c12. The van der Waals surface area contributed by atoms with Gasteiger partial charge in [0.15, 0.2) is 0 Å². The second-order valence-electron chi connectivity index (χ2n) is 7.37. The first kappa shape index (κ1) is 15.5. The molecule has 1 aromatic carbocycles. The molecule has 132 valence electrons. The first-order valence-electron chi connectivity index (χ1n) is 9.05. The summed E-state index contributed by atoms with van der Waals surface area (Å²) in [5.74, 6) is 0. The molecular weight excluding hydrogens is 328 g/mol. The Morgan fingerprint density at radius 2 is 2.04 bits per heavy atom. The van der Waals surface area contributed by atoms with Gasteiger partial charge in [-0.1, -0.05) is 12.1 Å². The molecule has 0 bridgehead atoms. The van der Waals surface area contributed by atoms with Crippen LogP contribution in [0, 0.1) is 6.92 Å². The highest BCUT2D eigenvalue weighted by Gasteiger charge is 2.28. The number of benzene rings is 1. The summed E-state index contributed by atoms with van der Waals surface area (Å²) in [6.45, 7) is 4.96. The Balaban J connectivity index is 1.78. The van der Waals surface area contributed by atoms with Crippen molar-refractivity contribution in [3.05, 3.63) is 61.9 Å². The molecule has 2 aliphatic rings. The van der Waals surface area contributed by atoms with Gasteiger partial charge in [0.25, 0.3) is 5.56 Å². The molecule has 1 aliphatic carbocycles. The van der Waals surface area contributed by atoms with Gasteiger partial charge in [0.2, 0.25) is 0 Å². The van der Waals surface area contributed by atoms with Crippen molar-refractivity contribution in [2.75, 3.05) is 0 Å². The van der Waals surface area contributed by atoms with Crippen LogP contribution in [0.5, 0.6) is 0 Å². The second-order valence-corrected chi connectivity index (χ2v) is 7.37. The van der Waals surface area contributed by atoms with Gasteiger partial charge in [-0.2, -0.15) is 0 Å². The highest BCUT2D eigenvalue weighted by atomic mass is 16.2. The average molecular weight is 348 g/mol. The molecule has 0 spiro atoms. The smallest absolute Gasteiger partial charge is 0.306 e. The van der Waals surface area contributed by atoms with Crippen LogP contribution in [0.2, 0.25) is 0 Å². The molecule has 1 saturated carbocycles. The van der Waals surface area contributed by atoms with Gasteiger partial charge >= 0.3 is 5.69 Å². The summed E-state index contributed by atoms with van der Waals surface area (Å²) in [4.78, 5) is 31.7. The number of aromatic nitrogens is 3. The maximum atomic E-state index is 12.4. The molecule has 0 amide bonds. The molecule has 2 N–H and O–H groups in total. The predicted molar refractivity (Wildman–Crippen MR) is 100 cm³/mol. The van der Waals surface area contributed by atoms with Crippen LogP contribution in [-0.2, 0) is 6.54 Å². The van der Waals surface area contributed by atoms with Gasteiger partial charge in [0.1, 0.15) is 0 Å². The number of hydrogen-bond acceptors (Lipinski definition) is 4. The summed E-state index contributed by atoms with van der Waals surface area (Å²) in [5.41, 5.74) is 5.37. The minimum atomic E-state index is -0.365. The number of fused-ring (bicyclic) bond motifs is 2. The molecule has 3 heterocycles. The van der Waals surface area contributed by atoms with Crippen LogP contribution in [0.1, 0.15) is 48.5 Å². The Hall–Kier alpha value is -2.73. The Labute approximate surface area is 149 Å². The Bertz CT molecular complexity index is 1170. The Morgan fingerprint density at radius 3 is 2.81 bits per heavy atom. The van der Waals surface area contributed by atoms with Crippen molar-refractivity contribution < 1.29 is 0 Å². The van der Waals surface area contributed by atoms with Crippen LogP contribution >= 0.6 is 0 Å². The van der Waals surface area contributed by atoms with Crippen molar-refractivity contribution in [2.24, 2.45) is 0 Å². The molecule has 1 aliphatic heterocycles. The van der Waals surface area contributed by atoms with E-state index in [1.807, 2.05) is 6.92 Å². The lowest BCUT2D eigenvalue weighted by atomic mass is 9.98. The van der Waals surface area contributed by atoms with Crippen molar-refractivity contribution in [1.82, 2.24) is 19.9 Å². The van der Waals surface area contributed by atoms with Crippen molar-refractivity contribution in [3.63, 3.8) is 0 Å². The lowest BCUT2D eigenvalue weighted by Gasteiger charge is -2.14. The predicted octanol–water partition coefficient (Wildman–Crippen LogP) is 2.56. The van der Waals surface area contributed by atoms with Gasteiger partial charge in [-0.3, -0.25) is 19.3 Å². The molecule has 5 rings (SSSR count). The number of pyridine rings is 1. The van der Waals surface area contributed by atoms with Crippen LogP contribution in [-0.4, -0.2) is 14.5 Å². The summed E-state index contributed by atoms with van der Waals surface area (Å²) in [6.07, 6.45) is 3.55. The van der Waals surface area contributed by atoms with E-state index in [-0.39, 0.29) is 17.3 Å². The molecule has 0 saturated heterocycles. The summed E-state index contributed by atoms with van der Waals surface area (Å²) in [6, 6.07) is 6.94. The fraction of sp³-hybridized carbons (Fsp3) is 0.350. The number of nitrogens with one attached hydrogen (secondary N) is 2. The Morgan fingerprint density at radius 1 is 1.23 bits per heavy atom. The molecule has 1 atom stereocenters. The van der Waals surface area contributed by atoms with Crippen molar-refractivity contribution >= 4 is 10.9 Å². The van der Waals surface area contributed by atoms with E-state index in [0.717, 1.165) is 41.7 Å². The van der Waals surface area contributed by atoms with E-state index in [4.69, 9.17) is 0 Å². The second kappa shape index (κ2) is 5.38. The van der Waals surface area contributed by atoms with Crippen LogP contribution < -0.4 is 16.6 Å². The normalized spacial score (nSPS) is 19.1. The highest BCUT2D eigenvalue weighted by molar-refractivity contribution is 5.86. The van der Waals surface area contributed by atoms with Gasteiger partial charge in [0, 0.05) is 36.0 Å². The third-order valence-electron chi connectivity index (χ3n) is 5.61. The quantitative estimate of drug-likeness (QED) is 0.746. The molecular formula is C20H20N4O2. The number of hydrogen-bond donors (Lipinski definition) is 2. The molecule has 3 aromatic rings. The van der Waals surface area contributed by atoms with E-state index in [1.165, 1.54) is 11.1 Å². The zero-order valence-electron chi connectivity index (χ0n) is 14.8. The lowest BCUT2D eigenvalue weighted by molar-refractivity contribution is 0.633. The first-order chi connectivity index (χ1) is 12.5. The molecule has 1 unspecified atom stereocenters. The fourth-order valence-corrected chi connectivity index (χ4v) is 4.08. The largest absolute Gasteiger partial charge is 0.329 e. The van der Waals surface area contributed by atoms with E-state index in [2.05, 4.69) is 40.4 Å². The highest BCUT2D eigenvalue weighted by Crippen LogP contribution is 2.37. The monoisotopic (exact) mass is 348 g/mol. The van der Waals surface area contributed by atoms with Gasteiger partial charge in [-0.05, 0) is 43.9 Å². The summed E-state index contributed by atoms with van der Waals surface area (Å²) < 4.78 is 1.74. The van der Waals surface area contributed by atoms with E-state index in [1.54, 1.807) is 10.8 Å². The van der Waals surface area contributed by atoms with Crippen LogP contribution in [0.4, 0.5) is 0 Å². The Kier molecular flexibility index (Phi) is 3.21. The summed E-state index contributed by atoms with van der Waals surface area (Å²) in [5, 5.41) is 3.92. The van der Waals surface area contributed by atoms with Crippen molar-refractivity contribution in [2.45, 2.75) is 45.3 Å². The molecule has 26 heavy (non-hydrogen) atoms. The van der Waals surface area contributed by atoms with E-state index in [9.17, 15) is 9.59 Å². The van der Waals surface area contributed by atoms with Crippen LogP contribution in [0.15, 0.2) is 34.0 Å². The van der Waals surface area contributed by atoms with E-state index < -0.39 is 0 Å². The van der Waals surface area contributed by atoms with E-state index >= 15 is 0 Å². The standard InChI is InChI=1S/C20H20N4O2/c1-10-17(12-3-6-15-11(2)21-8-13(15)7-12)22-9-16-18(10)24(14-4-5-14)20(26)23-19(16)25/h3,6-7,9,11,14,21H,4-5,8H2,1-2H3,(H,23,25,26). The maximum absolute atomic E-state index is 12.4. The van der Waals surface area contributed by atoms with Gasteiger partial charge in [-0.15, -0.1) is 0 Å². The number of nitrogens with zero attached hydrogens (tertiary/aromatic N) is 2. The summed E-state index contributed by atoms with van der Waals surface area (Å²) >= 11 is 0. The zero-order chi connectivity index (χ0) is 18.0. The van der Waals surface area contributed by atoms with Crippen molar-refractivity contribution in [3.8, 4) is 11.3 Å². The maximum Gasteiger partial charge on any atom is 0.329 e. The van der Waals surface area contributed by atoms with Gasteiger partial charge < -0.3 is 5.32 Å². The number of aryl methyl sites for hydroxylation is 1. The first-order valence-corrected chi connectivity index (χ1v) is 9.05. The molecule has 0 radical (unpaired) electrons. The number of H-pyrrole nitrogens is 1. The molecule has 6 nitrogen and oxygen atoms in total.